The molecule has 0 fully saturated rings. The molecule has 0 unspecified atom stereocenters. The van der Waals surface area contributed by atoms with Crippen LogP contribution in [0.2, 0.25) is 0 Å². The van der Waals surface area contributed by atoms with Gasteiger partial charge in [0.05, 0.1) is 12.8 Å². The predicted octanol–water partition coefficient (Wildman–Crippen LogP) is 5.65. The first kappa shape index (κ1) is 25.7. The fourth-order valence-electron chi connectivity index (χ4n) is 3.96. The Kier molecular flexibility index (Phi) is 7.72. The van der Waals surface area contributed by atoms with Crippen molar-refractivity contribution in [3.8, 4) is 22.7 Å². The van der Waals surface area contributed by atoms with Crippen molar-refractivity contribution < 1.29 is 14.3 Å². The summed E-state index contributed by atoms with van der Waals surface area (Å²) in [6.07, 6.45) is 1.91. The van der Waals surface area contributed by atoms with Crippen molar-refractivity contribution in [2.24, 2.45) is 0 Å². The summed E-state index contributed by atoms with van der Waals surface area (Å²) in [5.41, 5.74) is 5.32. The highest BCUT2D eigenvalue weighted by Gasteiger charge is 2.23. The Labute approximate surface area is 217 Å². The zero-order chi connectivity index (χ0) is 26.5. The van der Waals surface area contributed by atoms with Crippen LogP contribution < -0.4 is 10.1 Å². The lowest BCUT2D eigenvalue weighted by atomic mass is 10.1. The number of rotatable bonds is 8. The molecule has 3 aromatic carbocycles. The third-order valence-corrected chi connectivity index (χ3v) is 6.13. The number of hydrogen-bond acceptors (Lipinski definition) is 4. The van der Waals surface area contributed by atoms with Crippen molar-refractivity contribution >= 4 is 17.8 Å². The standard InChI is InChI=1S/C30H32N4O3/c1-20(2)33(29(36)24-7-6-8-26(17-24)37-5)19-28(35)32-30-31-27(23-13-9-21(3)10-14-23)18-34(30)25-15-11-22(4)12-16-25/h6-18,20H,19H2,1-5H3,(H,31,32,35). The van der Waals surface area contributed by atoms with Crippen LogP contribution >= 0.6 is 0 Å². The van der Waals surface area contributed by atoms with Gasteiger partial charge in [-0.1, -0.05) is 53.6 Å². The fourth-order valence-corrected chi connectivity index (χ4v) is 3.96. The van der Waals surface area contributed by atoms with E-state index in [9.17, 15) is 9.59 Å². The minimum atomic E-state index is -0.334. The lowest BCUT2D eigenvalue weighted by molar-refractivity contribution is -0.117. The maximum absolute atomic E-state index is 13.2. The molecule has 0 atom stereocenters. The van der Waals surface area contributed by atoms with Crippen LogP contribution in [-0.4, -0.2) is 46.0 Å². The smallest absolute Gasteiger partial charge is 0.254 e. The second-order valence-corrected chi connectivity index (χ2v) is 9.33. The summed E-state index contributed by atoms with van der Waals surface area (Å²) in [6.45, 7) is 7.71. The van der Waals surface area contributed by atoms with E-state index in [1.807, 2.05) is 87.0 Å². The normalized spacial score (nSPS) is 10.9. The number of anilines is 1. The average molecular weight is 497 g/mol. The van der Waals surface area contributed by atoms with Gasteiger partial charge in [0.15, 0.2) is 0 Å². The van der Waals surface area contributed by atoms with Crippen molar-refractivity contribution in [2.45, 2.75) is 33.7 Å². The van der Waals surface area contributed by atoms with Gasteiger partial charge < -0.3 is 9.64 Å². The van der Waals surface area contributed by atoms with Crippen molar-refractivity contribution in [3.63, 3.8) is 0 Å². The van der Waals surface area contributed by atoms with Gasteiger partial charge in [-0.15, -0.1) is 0 Å². The third-order valence-electron chi connectivity index (χ3n) is 6.13. The van der Waals surface area contributed by atoms with Gasteiger partial charge in [-0.25, -0.2) is 4.98 Å². The van der Waals surface area contributed by atoms with E-state index in [1.54, 1.807) is 31.4 Å². The number of carbonyl (C=O) groups excluding carboxylic acids is 2. The maximum atomic E-state index is 13.2. The number of benzene rings is 3. The lowest BCUT2D eigenvalue weighted by Crippen LogP contribution is -2.42. The quantitative estimate of drug-likeness (QED) is 0.342. The highest BCUT2D eigenvalue weighted by Crippen LogP contribution is 2.25. The number of carbonyl (C=O) groups is 2. The minimum Gasteiger partial charge on any atom is -0.497 e. The molecule has 190 valence electrons. The summed E-state index contributed by atoms with van der Waals surface area (Å²) in [4.78, 5) is 32.7. The molecule has 2 amide bonds. The molecule has 7 heteroatoms. The molecule has 0 aliphatic carbocycles. The molecule has 0 aliphatic rings. The molecule has 4 aromatic rings. The second kappa shape index (κ2) is 11.1. The lowest BCUT2D eigenvalue weighted by Gasteiger charge is -2.26. The predicted molar refractivity (Wildman–Crippen MR) is 146 cm³/mol. The van der Waals surface area contributed by atoms with Crippen LogP contribution in [0.1, 0.15) is 35.3 Å². The van der Waals surface area contributed by atoms with Crippen molar-refractivity contribution in [1.29, 1.82) is 0 Å². The molecule has 1 aromatic heterocycles. The molecular formula is C30H32N4O3. The average Bonchev–Trinajstić information content (AvgIpc) is 3.31. The number of ether oxygens (including phenoxy) is 1. The monoisotopic (exact) mass is 496 g/mol. The van der Waals surface area contributed by atoms with E-state index in [-0.39, 0.29) is 24.4 Å². The van der Waals surface area contributed by atoms with Crippen LogP contribution in [0.15, 0.2) is 79.0 Å². The van der Waals surface area contributed by atoms with Crippen molar-refractivity contribution in [2.75, 3.05) is 19.0 Å². The Morgan fingerprint density at radius 2 is 1.62 bits per heavy atom. The van der Waals surface area contributed by atoms with Gasteiger partial charge in [-0.05, 0) is 58.0 Å². The Bertz CT molecular complexity index is 1390. The molecule has 0 bridgehead atoms. The number of hydrogen-bond donors (Lipinski definition) is 1. The third kappa shape index (κ3) is 6.06. The van der Waals surface area contributed by atoms with Gasteiger partial charge in [0.1, 0.15) is 12.3 Å². The van der Waals surface area contributed by atoms with E-state index in [0.29, 0.717) is 17.3 Å². The van der Waals surface area contributed by atoms with Gasteiger partial charge in [0, 0.05) is 29.1 Å². The molecule has 0 spiro atoms. The van der Waals surface area contributed by atoms with Crippen molar-refractivity contribution in [3.05, 3.63) is 95.7 Å². The molecule has 37 heavy (non-hydrogen) atoms. The van der Waals surface area contributed by atoms with Gasteiger partial charge in [-0.3, -0.25) is 19.5 Å². The number of aromatic nitrogens is 2. The molecule has 1 heterocycles. The topological polar surface area (TPSA) is 76.5 Å². The number of methoxy groups -OCH3 is 1. The summed E-state index contributed by atoms with van der Waals surface area (Å²) in [7, 11) is 1.55. The van der Waals surface area contributed by atoms with Gasteiger partial charge >= 0.3 is 0 Å². The molecule has 0 saturated heterocycles. The summed E-state index contributed by atoms with van der Waals surface area (Å²) >= 11 is 0. The van der Waals surface area contributed by atoms with E-state index in [4.69, 9.17) is 9.72 Å². The summed E-state index contributed by atoms with van der Waals surface area (Å²) < 4.78 is 7.11. The summed E-state index contributed by atoms with van der Waals surface area (Å²) in [6, 6.07) is 22.8. The van der Waals surface area contributed by atoms with Crippen molar-refractivity contribution in [1.82, 2.24) is 14.5 Å². The Morgan fingerprint density at radius 3 is 2.24 bits per heavy atom. The highest BCUT2D eigenvalue weighted by molar-refractivity contribution is 5.99. The first-order chi connectivity index (χ1) is 17.7. The molecule has 4 rings (SSSR count). The second-order valence-electron chi connectivity index (χ2n) is 9.33. The molecular weight excluding hydrogens is 464 g/mol. The molecule has 0 saturated carbocycles. The van der Waals surface area contributed by atoms with Crippen LogP contribution in [0.4, 0.5) is 5.95 Å². The van der Waals surface area contributed by atoms with Crippen LogP contribution in [0, 0.1) is 13.8 Å². The summed E-state index contributed by atoms with van der Waals surface area (Å²) in [5, 5.41) is 2.93. The Balaban J connectivity index is 1.61. The number of aryl methyl sites for hydroxylation is 2. The highest BCUT2D eigenvalue weighted by atomic mass is 16.5. The van der Waals surface area contributed by atoms with Gasteiger partial charge in [-0.2, -0.15) is 0 Å². The fraction of sp³-hybridized carbons (Fsp3) is 0.233. The maximum Gasteiger partial charge on any atom is 0.254 e. The van der Waals surface area contributed by atoms with Crippen LogP contribution in [-0.2, 0) is 4.79 Å². The minimum absolute atomic E-state index is 0.117. The molecule has 7 nitrogen and oxygen atoms in total. The molecule has 0 radical (unpaired) electrons. The van der Waals surface area contributed by atoms with E-state index >= 15 is 0 Å². The zero-order valence-electron chi connectivity index (χ0n) is 21.9. The van der Waals surface area contributed by atoms with Gasteiger partial charge in [0.2, 0.25) is 11.9 Å². The number of nitrogens with zero attached hydrogens (tertiary/aromatic N) is 3. The zero-order valence-corrected chi connectivity index (χ0v) is 21.9. The van der Waals surface area contributed by atoms with Gasteiger partial charge in [0.25, 0.3) is 5.91 Å². The first-order valence-electron chi connectivity index (χ1n) is 12.2. The van der Waals surface area contributed by atoms with E-state index in [0.717, 1.165) is 28.1 Å². The van der Waals surface area contributed by atoms with Crippen LogP contribution in [0.5, 0.6) is 5.75 Å². The Hall–Kier alpha value is -4.39. The SMILES string of the molecule is COc1cccc(C(=O)N(CC(=O)Nc2nc(-c3ccc(C)cc3)cn2-c2ccc(C)cc2)C(C)C)c1. The molecule has 0 aliphatic heterocycles. The largest absolute Gasteiger partial charge is 0.497 e. The van der Waals surface area contributed by atoms with E-state index in [2.05, 4.69) is 5.32 Å². The number of imidazole rings is 1. The van der Waals surface area contributed by atoms with E-state index in [1.165, 1.54) is 4.90 Å². The van der Waals surface area contributed by atoms with Crippen LogP contribution in [0.3, 0.4) is 0 Å². The first-order valence-corrected chi connectivity index (χ1v) is 12.2. The number of nitrogens with one attached hydrogen (secondary N) is 1. The molecule has 1 N–H and O–H groups in total. The summed E-state index contributed by atoms with van der Waals surface area (Å²) in [5.74, 6) is 0.398. The number of amides is 2. The Morgan fingerprint density at radius 1 is 0.973 bits per heavy atom. The van der Waals surface area contributed by atoms with Crippen LogP contribution in [0.25, 0.3) is 16.9 Å². The van der Waals surface area contributed by atoms with E-state index < -0.39 is 0 Å².